The smallest absolute Gasteiger partial charge is 0.135 e. The molecule has 1 aromatic carbocycles. The molecule has 0 unspecified atom stereocenters. The minimum atomic E-state index is 0.149. The molecule has 0 radical (unpaired) electrons. The van der Waals surface area contributed by atoms with Crippen LogP contribution in [0, 0.1) is 6.92 Å². The Labute approximate surface area is 89.0 Å². The summed E-state index contributed by atoms with van der Waals surface area (Å²) in [6.45, 7) is 3.62. The zero-order chi connectivity index (χ0) is 10.8. The molecule has 2 rings (SSSR count). The zero-order valence-corrected chi connectivity index (χ0v) is 8.95. The Morgan fingerprint density at radius 3 is 2.80 bits per heavy atom. The van der Waals surface area contributed by atoms with E-state index in [1.165, 1.54) is 0 Å². The van der Waals surface area contributed by atoms with Gasteiger partial charge in [-0.15, -0.1) is 0 Å². The van der Waals surface area contributed by atoms with Gasteiger partial charge in [0.2, 0.25) is 0 Å². The number of rotatable bonds is 2. The van der Waals surface area contributed by atoms with Crippen molar-refractivity contribution in [2.45, 2.75) is 20.3 Å². The van der Waals surface area contributed by atoms with Crippen molar-refractivity contribution in [3.63, 3.8) is 0 Å². The fourth-order valence-corrected chi connectivity index (χ4v) is 1.69. The molecular formula is C13H13NO. The van der Waals surface area contributed by atoms with Gasteiger partial charge in [-0.1, -0.05) is 24.3 Å². The molecule has 1 aromatic heterocycles. The highest BCUT2D eigenvalue weighted by Crippen LogP contribution is 2.16. The van der Waals surface area contributed by atoms with E-state index in [1.54, 1.807) is 6.92 Å². The SMILES string of the molecule is CC(=O)Cc1ccc2cccc(C)c2n1. The number of ketones is 1. The van der Waals surface area contributed by atoms with Crippen LogP contribution in [0.15, 0.2) is 30.3 Å². The standard InChI is InChI=1S/C13H13NO/c1-9-4-3-5-11-6-7-12(8-10(2)15)14-13(9)11/h3-7H,8H2,1-2H3. The molecule has 0 aliphatic rings. The van der Waals surface area contributed by atoms with Gasteiger partial charge in [0.05, 0.1) is 5.52 Å². The minimum absolute atomic E-state index is 0.149. The molecule has 0 bridgehead atoms. The van der Waals surface area contributed by atoms with Crippen LogP contribution in [-0.2, 0) is 11.2 Å². The Balaban J connectivity index is 2.54. The van der Waals surface area contributed by atoms with Crippen LogP contribution in [0.5, 0.6) is 0 Å². The van der Waals surface area contributed by atoms with E-state index in [2.05, 4.69) is 4.98 Å². The van der Waals surface area contributed by atoms with E-state index >= 15 is 0 Å². The fourth-order valence-electron chi connectivity index (χ4n) is 1.69. The van der Waals surface area contributed by atoms with Crippen molar-refractivity contribution in [3.8, 4) is 0 Å². The van der Waals surface area contributed by atoms with Crippen molar-refractivity contribution in [1.29, 1.82) is 0 Å². The van der Waals surface area contributed by atoms with Crippen LogP contribution in [0.4, 0.5) is 0 Å². The van der Waals surface area contributed by atoms with Crippen molar-refractivity contribution in [1.82, 2.24) is 4.98 Å². The van der Waals surface area contributed by atoms with Crippen LogP contribution in [-0.4, -0.2) is 10.8 Å². The van der Waals surface area contributed by atoms with Crippen molar-refractivity contribution in [2.75, 3.05) is 0 Å². The Morgan fingerprint density at radius 2 is 2.07 bits per heavy atom. The molecule has 0 aliphatic carbocycles. The highest BCUT2D eigenvalue weighted by Gasteiger charge is 2.02. The van der Waals surface area contributed by atoms with Crippen molar-refractivity contribution >= 4 is 16.7 Å². The van der Waals surface area contributed by atoms with Gasteiger partial charge in [0, 0.05) is 17.5 Å². The van der Waals surface area contributed by atoms with Gasteiger partial charge in [0.25, 0.3) is 0 Å². The summed E-state index contributed by atoms with van der Waals surface area (Å²) in [5.74, 6) is 0.149. The highest BCUT2D eigenvalue weighted by atomic mass is 16.1. The van der Waals surface area contributed by atoms with E-state index in [-0.39, 0.29) is 5.78 Å². The number of hydrogen-bond donors (Lipinski definition) is 0. The van der Waals surface area contributed by atoms with Crippen LogP contribution in [0.25, 0.3) is 10.9 Å². The Kier molecular flexibility index (Phi) is 2.50. The molecule has 2 nitrogen and oxygen atoms in total. The Hall–Kier alpha value is -1.70. The Morgan fingerprint density at radius 1 is 1.27 bits per heavy atom. The molecule has 76 valence electrons. The number of Topliss-reactive ketones (excluding diaryl/α,β-unsaturated/α-hetero) is 1. The quantitative estimate of drug-likeness (QED) is 0.744. The van der Waals surface area contributed by atoms with Gasteiger partial charge in [-0.3, -0.25) is 9.78 Å². The van der Waals surface area contributed by atoms with Gasteiger partial charge < -0.3 is 0 Å². The number of aryl methyl sites for hydroxylation is 1. The molecule has 2 aromatic rings. The van der Waals surface area contributed by atoms with Crippen LogP contribution in [0.3, 0.4) is 0 Å². The first kappa shape index (κ1) is 9.84. The maximum absolute atomic E-state index is 11.0. The fraction of sp³-hybridized carbons (Fsp3) is 0.231. The summed E-state index contributed by atoms with van der Waals surface area (Å²) in [5.41, 5.74) is 3.00. The van der Waals surface area contributed by atoms with E-state index in [9.17, 15) is 4.79 Å². The van der Waals surface area contributed by atoms with E-state index < -0.39 is 0 Å². The third-order valence-corrected chi connectivity index (χ3v) is 2.41. The van der Waals surface area contributed by atoms with Gasteiger partial charge >= 0.3 is 0 Å². The van der Waals surface area contributed by atoms with Crippen molar-refractivity contribution in [3.05, 3.63) is 41.6 Å². The number of fused-ring (bicyclic) bond motifs is 1. The summed E-state index contributed by atoms with van der Waals surface area (Å²) >= 11 is 0. The van der Waals surface area contributed by atoms with E-state index in [4.69, 9.17) is 0 Å². The lowest BCUT2D eigenvalue weighted by molar-refractivity contribution is -0.116. The number of benzene rings is 1. The molecule has 0 saturated carbocycles. The summed E-state index contributed by atoms with van der Waals surface area (Å²) in [7, 11) is 0. The first-order valence-electron chi connectivity index (χ1n) is 5.01. The van der Waals surface area contributed by atoms with Gasteiger partial charge in [0.15, 0.2) is 0 Å². The first-order chi connectivity index (χ1) is 7.16. The molecule has 1 heterocycles. The lowest BCUT2D eigenvalue weighted by Crippen LogP contribution is -1.99. The number of carbonyl (C=O) groups excluding carboxylic acids is 1. The number of nitrogens with zero attached hydrogens (tertiary/aromatic N) is 1. The van der Waals surface area contributed by atoms with Gasteiger partial charge in [-0.05, 0) is 25.5 Å². The summed E-state index contributed by atoms with van der Waals surface area (Å²) in [4.78, 5) is 15.5. The highest BCUT2D eigenvalue weighted by molar-refractivity contribution is 5.83. The predicted molar refractivity (Wildman–Crippen MR) is 60.9 cm³/mol. The summed E-state index contributed by atoms with van der Waals surface area (Å²) in [5, 5.41) is 1.13. The second kappa shape index (κ2) is 3.81. The molecule has 2 heteroatoms. The van der Waals surface area contributed by atoms with E-state index in [0.29, 0.717) is 6.42 Å². The maximum atomic E-state index is 11.0. The lowest BCUT2D eigenvalue weighted by Gasteiger charge is -2.03. The monoisotopic (exact) mass is 199 g/mol. The molecule has 0 saturated heterocycles. The maximum Gasteiger partial charge on any atom is 0.135 e. The summed E-state index contributed by atoms with van der Waals surface area (Å²) in [6, 6.07) is 10.0. The predicted octanol–water partition coefficient (Wildman–Crippen LogP) is 2.67. The van der Waals surface area contributed by atoms with Gasteiger partial charge in [0.1, 0.15) is 5.78 Å². The van der Waals surface area contributed by atoms with E-state index in [0.717, 1.165) is 22.2 Å². The topological polar surface area (TPSA) is 30.0 Å². The first-order valence-corrected chi connectivity index (χ1v) is 5.01. The van der Waals surface area contributed by atoms with Crippen molar-refractivity contribution in [2.24, 2.45) is 0 Å². The summed E-state index contributed by atoms with van der Waals surface area (Å²) in [6.07, 6.45) is 0.421. The van der Waals surface area contributed by atoms with Crippen LogP contribution >= 0.6 is 0 Å². The molecule has 0 fully saturated rings. The van der Waals surface area contributed by atoms with Crippen molar-refractivity contribution < 1.29 is 4.79 Å². The average molecular weight is 199 g/mol. The number of para-hydroxylation sites is 1. The lowest BCUT2D eigenvalue weighted by atomic mass is 10.1. The minimum Gasteiger partial charge on any atom is -0.300 e. The average Bonchev–Trinajstić information content (AvgIpc) is 2.18. The number of pyridine rings is 1. The normalized spacial score (nSPS) is 10.5. The molecule has 0 spiro atoms. The molecule has 0 aliphatic heterocycles. The number of carbonyl (C=O) groups is 1. The van der Waals surface area contributed by atoms with E-state index in [1.807, 2.05) is 37.3 Å². The molecular weight excluding hydrogens is 186 g/mol. The van der Waals surface area contributed by atoms with Crippen LogP contribution < -0.4 is 0 Å². The summed E-state index contributed by atoms with van der Waals surface area (Å²) < 4.78 is 0. The van der Waals surface area contributed by atoms with Gasteiger partial charge in [-0.25, -0.2) is 0 Å². The molecule has 15 heavy (non-hydrogen) atoms. The zero-order valence-electron chi connectivity index (χ0n) is 8.95. The number of aromatic nitrogens is 1. The molecule has 0 N–H and O–H groups in total. The van der Waals surface area contributed by atoms with Gasteiger partial charge in [-0.2, -0.15) is 0 Å². The van der Waals surface area contributed by atoms with Crippen LogP contribution in [0.1, 0.15) is 18.2 Å². The molecule has 0 atom stereocenters. The largest absolute Gasteiger partial charge is 0.300 e. The molecule has 0 amide bonds. The van der Waals surface area contributed by atoms with Crippen LogP contribution in [0.2, 0.25) is 0 Å². The third-order valence-electron chi connectivity index (χ3n) is 2.41. The third kappa shape index (κ3) is 2.04. The second-order valence-electron chi connectivity index (χ2n) is 3.83. The second-order valence-corrected chi connectivity index (χ2v) is 3.83. The number of hydrogen-bond acceptors (Lipinski definition) is 2. The Bertz CT molecular complexity index is 517.